The quantitative estimate of drug-likeness (QED) is 0.880. The van der Waals surface area contributed by atoms with Crippen molar-refractivity contribution >= 4 is 28.8 Å². The second-order valence-electron chi connectivity index (χ2n) is 6.67. The molecule has 3 fully saturated rings. The molecule has 1 aromatic carbocycles. The van der Waals surface area contributed by atoms with Crippen LogP contribution in [0.25, 0.3) is 0 Å². The maximum atomic E-state index is 12.6. The number of thiazole rings is 1. The standard InChI is InChI=1S/C18H20ClN3O2S/c1-11-16(12-6-8-22(11)9-7-12)21-17(23)13-2-4-14(5-3-13)24-15-10-20-18(19)25-15/h2-5,10-12,16H,6-9H2,1H3,(H,21,23)/t11-,16-/m0/s1. The summed E-state index contributed by atoms with van der Waals surface area (Å²) >= 11 is 7.07. The predicted octanol–water partition coefficient (Wildman–Crippen LogP) is 3.80. The van der Waals surface area contributed by atoms with Crippen molar-refractivity contribution < 1.29 is 9.53 Å². The minimum Gasteiger partial charge on any atom is -0.445 e. The maximum Gasteiger partial charge on any atom is 0.251 e. The molecule has 5 nitrogen and oxygen atoms in total. The number of benzene rings is 1. The molecule has 7 heteroatoms. The zero-order valence-electron chi connectivity index (χ0n) is 13.9. The third-order valence-electron chi connectivity index (χ3n) is 5.27. The van der Waals surface area contributed by atoms with E-state index in [9.17, 15) is 4.79 Å². The molecule has 1 aromatic heterocycles. The van der Waals surface area contributed by atoms with Gasteiger partial charge in [-0.2, -0.15) is 0 Å². The fourth-order valence-electron chi connectivity index (χ4n) is 3.86. The van der Waals surface area contributed by atoms with Crippen molar-refractivity contribution in [3.05, 3.63) is 40.5 Å². The highest BCUT2D eigenvalue weighted by molar-refractivity contribution is 7.17. The van der Waals surface area contributed by atoms with Gasteiger partial charge in [-0.25, -0.2) is 4.98 Å². The maximum absolute atomic E-state index is 12.6. The largest absolute Gasteiger partial charge is 0.445 e. The van der Waals surface area contributed by atoms with Gasteiger partial charge in [0.05, 0.1) is 6.20 Å². The lowest BCUT2D eigenvalue weighted by Crippen LogP contribution is -2.62. The second-order valence-corrected chi connectivity index (χ2v) is 8.25. The van der Waals surface area contributed by atoms with Crippen LogP contribution in [0.4, 0.5) is 0 Å². The van der Waals surface area contributed by atoms with Gasteiger partial charge in [0.1, 0.15) is 5.75 Å². The van der Waals surface area contributed by atoms with E-state index in [2.05, 4.69) is 22.1 Å². The van der Waals surface area contributed by atoms with E-state index in [-0.39, 0.29) is 11.9 Å². The summed E-state index contributed by atoms with van der Waals surface area (Å²) in [5.74, 6) is 1.24. The fourth-order valence-corrected chi connectivity index (χ4v) is 4.65. The van der Waals surface area contributed by atoms with E-state index >= 15 is 0 Å². The van der Waals surface area contributed by atoms with E-state index in [0.717, 1.165) is 13.1 Å². The number of nitrogens with one attached hydrogen (secondary N) is 1. The third kappa shape index (κ3) is 3.52. The van der Waals surface area contributed by atoms with E-state index in [4.69, 9.17) is 16.3 Å². The number of carbonyl (C=O) groups is 1. The van der Waals surface area contributed by atoms with Gasteiger partial charge in [0, 0.05) is 17.6 Å². The van der Waals surface area contributed by atoms with Crippen LogP contribution in [0.2, 0.25) is 4.47 Å². The molecule has 2 bridgehead atoms. The molecule has 2 atom stereocenters. The molecule has 0 unspecified atom stereocenters. The first-order valence-electron chi connectivity index (χ1n) is 8.54. The number of fused-ring (bicyclic) bond motifs is 3. The molecule has 0 aliphatic carbocycles. The van der Waals surface area contributed by atoms with Crippen molar-refractivity contribution in [3.8, 4) is 10.8 Å². The van der Waals surface area contributed by atoms with Crippen molar-refractivity contribution in [2.24, 2.45) is 5.92 Å². The Morgan fingerprint density at radius 3 is 2.64 bits per heavy atom. The van der Waals surface area contributed by atoms with Crippen molar-refractivity contribution in [1.29, 1.82) is 0 Å². The minimum atomic E-state index is -0.0158. The lowest BCUT2D eigenvalue weighted by molar-refractivity contribution is 0.0217. The summed E-state index contributed by atoms with van der Waals surface area (Å²) in [6.45, 7) is 4.53. The molecule has 2 aromatic rings. The molecule has 3 saturated heterocycles. The van der Waals surface area contributed by atoms with Gasteiger partial charge in [-0.1, -0.05) is 22.9 Å². The number of hydrogen-bond donors (Lipinski definition) is 1. The van der Waals surface area contributed by atoms with Crippen LogP contribution in [-0.4, -0.2) is 41.0 Å². The van der Waals surface area contributed by atoms with Gasteiger partial charge in [-0.05, 0) is 63.0 Å². The van der Waals surface area contributed by atoms with Gasteiger partial charge in [-0.15, -0.1) is 0 Å². The molecule has 5 rings (SSSR count). The van der Waals surface area contributed by atoms with Crippen LogP contribution in [-0.2, 0) is 0 Å². The summed E-state index contributed by atoms with van der Waals surface area (Å²) in [7, 11) is 0. The second kappa shape index (κ2) is 6.94. The third-order valence-corrected chi connectivity index (χ3v) is 6.26. The van der Waals surface area contributed by atoms with Gasteiger partial charge in [0.15, 0.2) is 4.47 Å². The molecular weight excluding hydrogens is 358 g/mol. The van der Waals surface area contributed by atoms with Crippen molar-refractivity contribution in [2.75, 3.05) is 13.1 Å². The molecule has 132 valence electrons. The first kappa shape index (κ1) is 16.8. The Hall–Kier alpha value is -1.63. The fraction of sp³-hybridized carbons (Fsp3) is 0.444. The topological polar surface area (TPSA) is 54.5 Å². The average molecular weight is 378 g/mol. The number of aromatic nitrogens is 1. The first-order chi connectivity index (χ1) is 12.1. The van der Waals surface area contributed by atoms with Gasteiger partial charge >= 0.3 is 0 Å². The zero-order chi connectivity index (χ0) is 17.4. The molecule has 25 heavy (non-hydrogen) atoms. The number of rotatable bonds is 4. The average Bonchev–Trinajstić information content (AvgIpc) is 3.04. The van der Waals surface area contributed by atoms with Crippen LogP contribution >= 0.6 is 22.9 Å². The molecule has 0 spiro atoms. The van der Waals surface area contributed by atoms with Crippen molar-refractivity contribution in [3.63, 3.8) is 0 Å². The van der Waals surface area contributed by atoms with E-state index in [0.29, 0.717) is 32.8 Å². The highest BCUT2D eigenvalue weighted by atomic mass is 35.5. The molecule has 1 N–H and O–H groups in total. The van der Waals surface area contributed by atoms with Crippen molar-refractivity contribution in [1.82, 2.24) is 15.2 Å². The highest BCUT2D eigenvalue weighted by Gasteiger charge is 2.40. The number of nitrogens with zero attached hydrogens (tertiary/aromatic N) is 2. The predicted molar refractivity (Wildman–Crippen MR) is 98.7 cm³/mol. The Morgan fingerprint density at radius 2 is 2.04 bits per heavy atom. The summed E-state index contributed by atoms with van der Waals surface area (Å²) < 4.78 is 6.12. The van der Waals surface area contributed by atoms with Gasteiger partial charge in [0.25, 0.3) is 5.91 Å². The molecule has 3 aliphatic heterocycles. The summed E-state index contributed by atoms with van der Waals surface area (Å²) in [6.07, 6.45) is 3.95. The van der Waals surface area contributed by atoms with Crippen molar-refractivity contribution in [2.45, 2.75) is 31.8 Å². The van der Waals surface area contributed by atoms with Crippen LogP contribution in [0.5, 0.6) is 10.8 Å². The summed E-state index contributed by atoms with van der Waals surface area (Å²) in [5, 5.41) is 3.87. The molecule has 0 radical (unpaired) electrons. The molecule has 0 saturated carbocycles. The van der Waals surface area contributed by atoms with Crippen LogP contribution in [0.1, 0.15) is 30.1 Å². The van der Waals surface area contributed by atoms with Crippen LogP contribution in [0, 0.1) is 5.92 Å². The van der Waals surface area contributed by atoms with Gasteiger partial charge < -0.3 is 10.1 Å². The number of amides is 1. The number of ether oxygens (including phenoxy) is 1. The Bertz CT molecular complexity index is 754. The number of halogens is 1. The van der Waals surface area contributed by atoms with Gasteiger partial charge in [-0.3, -0.25) is 9.69 Å². The summed E-state index contributed by atoms with van der Waals surface area (Å²) in [4.78, 5) is 19.0. The number of piperidine rings is 3. The summed E-state index contributed by atoms with van der Waals surface area (Å²) in [6, 6.07) is 7.82. The van der Waals surface area contributed by atoms with E-state index in [1.54, 1.807) is 30.5 Å². The molecular formula is C18H20ClN3O2S. The first-order valence-corrected chi connectivity index (χ1v) is 9.74. The zero-order valence-corrected chi connectivity index (χ0v) is 15.5. The summed E-state index contributed by atoms with van der Waals surface area (Å²) in [5.41, 5.74) is 0.651. The van der Waals surface area contributed by atoms with Crippen LogP contribution in [0.15, 0.2) is 30.5 Å². The number of hydrogen-bond acceptors (Lipinski definition) is 5. The molecule has 3 aliphatic rings. The number of carbonyl (C=O) groups excluding carboxylic acids is 1. The van der Waals surface area contributed by atoms with Crippen LogP contribution < -0.4 is 10.1 Å². The molecule has 4 heterocycles. The minimum absolute atomic E-state index is 0.0158. The Morgan fingerprint density at radius 1 is 1.32 bits per heavy atom. The molecule has 1 amide bonds. The monoisotopic (exact) mass is 377 g/mol. The lowest BCUT2D eigenvalue weighted by Gasteiger charge is -2.49. The highest BCUT2D eigenvalue weighted by Crippen LogP contribution is 2.33. The van der Waals surface area contributed by atoms with E-state index in [1.807, 2.05) is 0 Å². The Balaban J connectivity index is 1.40. The lowest BCUT2D eigenvalue weighted by atomic mass is 9.79. The normalized spacial score (nSPS) is 27.9. The van der Waals surface area contributed by atoms with Gasteiger partial charge in [0.2, 0.25) is 5.06 Å². The Kier molecular flexibility index (Phi) is 4.67. The van der Waals surface area contributed by atoms with E-state index < -0.39 is 0 Å². The van der Waals surface area contributed by atoms with E-state index in [1.165, 1.54) is 24.2 Å². The van der Waals surface area contributed by atoms with Crippen LogP contribution in [0.3, 0.4) is 0 Å². The smallest absolute Gasteiger partial charge is 0.251 e. The Labute approximate surface area is 156 Å². The SMILES string of the molecule is C[C@H]1[C@H](NC(=O)c2ccc(Oc3cnc(Cl)s3)cc2)C2CCN1CC2.